The third-order valence-electron chi connectivity index (χ3n) is 4.88. The first-order valence-corrected chi connectivity index (χ1v) is 8.08. The number of para-hydroxylation sites is 1. The number of rotatable bonds is 2. The number of nitrogens with one attached hydrogen (secondary N) is 1. The second-order valence-corrected chi connectivity index (χ2v) is 6.19. The van der Waals surface area contributed by atoms with Crippen LogP contribution in [0.15, 0.2) is 36.7 Å². The van der Waals surface area contributed by atoms with E-state index in [0.29, 0.717) is 6.04 Å². The smallest absolute Gasteiger partial charge is 0.0950 e. The fraction of sp³-hybridized carbons (Fsp3) is 0.471. The molecule has 2 aliphatic heterocycles. The van der Waals surface area contributed by atoms with Gasteiger partial charge in [0.15, 0.2) is 0 Å². The van der Waals surface area contributed by atoms with Crippen molar-refractivity contribution in [3.8, 4) is 0 Å². The second-order valence-electron chi connectivity index (χ2n) is 6.19. The standard InChI is InChI=1S/C17H23N5/c1-20-13-19-15-11-18-12-16(17(15)20)22-9-7-21(8-10-22)14-5-3-2-4-6-14/h2-6,13,16,18H,7-12H2,1H3. The lowest BCUT2D eigenvalue weighted by molar-refractivity contribution is 0.168. The molecule has 1 unspecified atom stereocenters. The van der Waals surface area contributed by atoms with Crippen molar-refractivity contribution in [3.63, 3.8) is 0 Å². The van der Waals surface area contributed by atoms with E-state index in [2.05, 4.69) is 62.0 Å². The molecule has 116 valence electrons. The Morgan fingerprint density at radius 2 is 1.86 bits per heavy atom. The maximum atomic E-state index is 4.53. The van der Waals surface area contributed by atoms with Gasteiger partial charge in [-0.2, -0.15) is 0 Å². The molecule has 1 aromatic carbocycles. The van der Waals surface area contributed by atoms with Crippen LogP contribution in [0.1, 0.15) is 17.4 Å². The first-order chi connectivity index (χ1) is 10.8. The lowest BCUT2D eigenvalue weighted by atomic mass is 10.0. The van der Waals surface area contributed by atoms with E-state index in [9.17, 15) is 0 Å². The molecule has 2 aliphatic rings. The quantitative estimate of drug-likeness (QED) is 0.909. The van der Waals surface area contributed by atoms with Crippen LogP contribution in [0.3, 0.4) is 0 Å². The third-order valence-corrected chi connectivity index (χ3v) is 4.88. The Labute approximate surface area is 131 Å². The Morgan fingerprint density at radius 1 is 1.09 bits per heavy atom. The van der Waals surface area contributed by atoms with E-state index >= 15 is 0 Å². The molecule has 0 amide bonds. The zero-order chi connectivity index (χ0) is 14.9. The second kappa shape index (κ2) is 5.74. The van der Waals surface area contributed by atoms with Crippen LogP contribution in [-0.4, -0.2) is 47.2 Å². The number of aryl methyl sites for hydroxylation is 1. The van der Waals surface area contributed by atoms with Crippen molar-refractivity contribution in [3.05, 3.63) is 48.0 Å². The van der Waals surface area contributed by atoms with E-state index in [1.165, 1.54) is 17.1 Å². The highest BCUT2D eigenvalue weighted by Gasteiger charge is 2.31. The molecule has 2 aromatic rings. The van der Waals surface area contributed by atoms with E-state index in [-0.39, 0.29) is 0 Å². The zero-order valence-electron chi connectivity index (χ0n) is 13.1. The van der Waals surface area contributed by atoms with Crippen molar-refractivity contribution in [2.75, 3.05) is 37.6 Å². The fourth-order valence-electron chi connectivity index (χ4n) is 3.71. The molecule has 5 heteroatoms. The summed E-state index contributed by atoms with van der Waals surface area (Å²) in [5, 5.41) is 3.51. The molecular weight excluding hydrogens is 274 g/mol. The van der Waals surface area contributed by atoms with Crippen molar-refractivity contribution < 1.29 is 0 Å². The highest BCUT2D eigenvalue weighted by atomic mass is 15.3. The molecule has 3 heterocycles. The Balaban J connectivity index is 1.47. The largest absolute Gasteiger partial charge is 0.369 e. The van der Waals surface area contributed by atoms with Gasteiger partial charge < -0.3 is 14.8 Å². The number of hydrogen-bond acceptors (Lipinski definition) is 4. The minimum atomic E-state index is 0.453. The van der Waals surface area contributed by atoms with Crippen LogP contribution < -0.4 is 10.2 Å². The molecular formula is C17H23N5. The molecule has 0 spiro atoms. The summed E-state index contributed by atoms with van der Waals surface area (Å²) in [5.74, 6) is 0. The minimum Gasteiger partial charge on any atom is -0.369 e. The van der Waals surface area contributed by atoms with E-state index < -0.39 is 0 Å². The van der Waals surface area contributed by atoms with Gasteiger partial charge in [0.05, 0.1) is 23.8 Å². The molecule has 1 fully saturated rings. The maximum absolute atomic E-state index is 4.53. The summed E-state index contributed by atoms with van der Waals surface area (Å²) in [4.78, 5) is 9.61. The molecule has 0 radical (unpaired) electrons. The number of nitrogens with zero attached hydrogens (tertiary/aromatic N) is 4. The van der Waals surface area contributed by atoms with Crippen molar-refractivity contribution in [1.82, 2.24) is 19.8 Å². The molecule has 1 aromatic heterocycles. The summed E-state index contributed by atoms with van der Waals surface area (Å²) < 4.78 is 2.20. The number of aromatic nitrogens is 2. The highest BCUT2D eigenvalue weighted by molar-refractivity contribution is 5.46. The van der Waals surface area contributed by atoms with Gasteiger partial charge in [-0.05, 0) is 12.1 Å². The summed E-state index contributed by atoms with van der Waals surface area (Å²) in [6, 6.07) is 11.2. The van der Waals surface area contributed by atoms with Crippen LogP contribution in [-0.2, 0) is 13.6 Å². The van der Waals surface area contributed by atoms with Gasteiger partial charge in [0, 0.05) is 52.0 Å². The number of hydrogen-bond donors (Lipinski definition) is 1. The van der Waals surface area contributed by atoms with Crippen LogP contribution >= 0.6 is 0 Å². The van der Waals surface area contributed by atoms with Crippen molar-refractivity contribution in [2.24, 2.45) is 7.05 Å². The lowest BCUT2D eigenvalue weighted by Crippen LogP contribution is -2.51. The van der Waals surface area contributed by atoms with E-state index in [1.807, 2.05) is 6.33 Å². The van der Waals surface area contributed by atoms with Crippen LogP contribution in [0, 0.1) is 0 Å². The Morgan fingerprint density at radius 3 is 2.64 bits per heavy atom. The fourth-order valence-corrected chi connectivity index (χ4v) is 3.71. The van der Waals surface area contributed by atoms with Crippen LogP contribution in [0.25, 0.3) is 0 Å². The summed E-state index contributed by atoms with van der Waals surface area (Å²) in [5.41, 5.74) is 3.95. The summed E-state index contributed by atoms with van der Waals surface area (Å²) >= 11 is 0. The molecule has 4 rings (SSSR count). The van der Waals surface area contributed by atoms with Crippen LogP contribution in [0.5, 0.6) is 0 Å². The van der Waals surface area contributed by atoms with E-state index in [4.69, 9.17) is 0 Å². The van der Waals surface area contributed by atoms with Gasteiger partial charge in [-0.25, -0.2) is 4.98 Å². The summed E-state index contributed by atoms with van der Waals surface area (Å²) in [6.07, 6.45) is 1.95. The Hall–Kier alpha value is -1.85. The third kappa shape index (κ3) is 2.40. The molecule has 1 atom stereocenters. The van der Waals surface area contributed by atoms with Gasteiger partial charge >= 0.3 is 0 Å². The van der Waals surface area contributed by atoms with Crippen LogP contribution in [0.2, 0.25) is 0 Å². The van der Waals surface area contributed by atoms with Gasteiger partial charge in [0.1, 0.15) is 0 Å². The minimum absolute atomic E-state index is 0.453. The van der Waals surface area contributed by atoms with Gasteiger partial charge in [0.2, 0.25) is 0 Å². The lowest BCUT2D eigenvalue weighted by Gasteiger charge is -2.41. The predicted molar refractivity (Wildman–Crippen MR) is 87.9 cm³/mol. The number of benzene rings is 1. The van der Waals surface area contributed by atoms with Crippen LogP contribution in [0.4, 0.5) is 5.69 Å². The number of fused-ring (bicyclic) bond motifs is 1. The SMILES string of the molecule is Cn1cnc2c1C(N1CCN(c3ccccc3)CC1)CNC2. The van der Waals surface area contributed by atoms with Crippen molar-refractivity contribution in [2.45, 2.75) is 12.6 Å². The Kier molecular flexibility index (Phi) is 3.60. The predicted octanol–water partition coefficient (Wildman–Crippen LogP) is 1.39. The first kappa shape index (κ1) is 13.8. The molecule has 1 N–H and O–H groups in total. The normalized spacial score (nSPS) is 22.6. The molecule has 0 aliphatic carbocycles. The average Bonchev–Trinajstić information content (AvgIpc) is 2.97. The van der Waals surface area contributed by atoms with Crippen molar-refractivity contribution in [1.29, 1.82) is 0 Å². The number of piperazine rings is 1. The van der Waals surface area contributed by atoms with Gasteiger partial charge in [-0.1, -0.05) is 18.2 Å². The van der Waals surface area contributed by atoms with Crippen molar-refractivity contribution >= 4 is 5.69 Å². The number of imidazole rings is 1. The van der Waals surface area contributed by atoms with E-state index in [0.717, 1.165) is 39.3 Å². The van der Waals surface area contributed by atoms with Gasteiger partial charge in [-0.15, -0.1) is 0 Å². The molecule has 0 saturated carbocycles. The topological polar surface area (TPSA) is 36.3 Å². The number of anilines is 1. The van der Waals surface area contributed by atoms with Gasteiger partial charge in [0.25, 0.3) is 0 Å². The molecule has 5 nitrogen and oxygen atoms in total. The maximum Gasteiger partial charge on any atom is 0.0950 e. The van der Waals surface area contributed by atoms with E-state index in [1.54, 1.807) is 0 Å². The molecule has 0 bridgehead atoms. The molecule has 22 heavy (non-hydrogen) atoms. The first-order valence-electron chi connectivity index (χ1n) is 8.08. The highest BCUT2D eigenvalue weighted by Crippen LogP contribution is 2.28. The van der Waals surface area contributed by atoms with Gasteiger partial charge in [-0.3, -0.25) is 4.90 Å². The zero-order valence-corrected chi connectivity index (χ0v) is 13.1. The summed E-state index contributed by atoms with van der Waals surface area (Å²) in [7, 11) is 2.12. The average molecular weight is 297 g/mol. The Bertz CT molecular complexity index is 628. The molecule has 1 saturated heterocycles. The summed E-state index contributed by atoms with van der Waals surface area (Å²) in [6.45, 7) is 6.31. The monoisotopic (exact) mass is 297 g/mol.